The van der Waals surface area contributed by atoms with Gasteiger partial charge in [-0.05, 0) is 6.07 Å². The predicted molar refractivity (Wildman–Crippen MR) is 58.8 cm³/mol. The Labute approximate surface area is 91.7 Å². The van der Waals surface area contributed by atoms with Crippen molar-refractivity contribution in [2.45, 2.75) is 0 Å². The van der Waals surface area contributed by atoms with Gasteiger partial charge in [-0.3, -0.25) is 0 Å². The molecule has 0 aromatic heterocycles. The molecule has 0 amide bonds. The molecule has 1 rings (SSSR count). The Morgan fingerprint density at radius 1 is 1.36 bits per heavy atom. The van der Waals surface area contributed by atoms with Gasteiger partial charge in [-0.2, -0.15) is 5.48 Å². The molecule has 4 nitrogen and oxygen atoms in total. The molecule has 0 atom stereocenters. The maximum Gasteiger partial charge on any atom is 0.227 e. The molecule has 0 fully saturated rings. The van der Waals surface area contributed by atoms with Gasteiger partial charge < -0.3 is 10.1 Å². The van der Waals surface area contributed by atoms with Crippen LogP contribution in [-0.2, 0) is 4.84 Å². The Bertz CT molecular complexity index is 293. The van der Waals surface area contributed by atoms with Gasteiger partial charge in [0.15, 0.2) is 5.75 Å². The first kappa shape index (κ1) is 11.3. The van der Waals surface area contributed by atoms with E-state index in [1.165, 1.54) is 0 Å². The van der Waals surface area contributed by atoms with Gasteiger partial charge >= 0.3 is 0 Å². The molecule has 0 bridgehead atoms. The molecule has 0 aliphatic rings. The summed E-state index contributed by atoms with van der Waals surface area (Å²) in [6.07, 6.45) is 0. The number of rotatable bonds is 4. The highest BCUT2D eigenvalue weighted by Gasteiger charge is 2.14. The van der Waals surface area contributed by atoms with Gasteiger partial charge in [0.2, 0.25) is 5.69 Å². The molecular weight excluding hydrogens is 248 g/mol. The second-order valence-corrected chi connectivity index (χ2v) is 3.59. The van der Waals surface area contributed by atoms with Crippen LogP contribution in [0.1, 0.15) is 0 Å². The van der Waals surface area contributed by atoms with Crippen molar-refractivity contribution in [2.75, 3.05) is 26.6 Å². The lowest BCUT2D eigenvalue weighted by Gasteiger charge is -2.10. The molecule has 0 saturated carbocycles. The largest absolute Gasteiger partial charge is 0.491 e. The van der Waals surface area contributed by atoms with Crippen molar-refractivity contribution in [3.05, 3.63) is 16.6 Å². The maximum atomic E-state index is 5.24. The molecule has 3 N–H and O–H groups in total. The number of hydrogen-bond donors (Lipinski definition) is 2. The van der Waals surface area contributed by atoms with Gasteiger partial charge in [-0.25, -0.2) is 4.84 Å². The fraction of sp³-hybridized carbons (Fsp3) is 0.333. The van der Waals surface area contributed by atoms with Crippen LogP contribution < -0.4 is 15.5 Å². The van der Waals surface area contributed by atoms with E-state index in [2.05, 4.69) is 21.2 Å². The normalized spacial score (nSPS) is 10.0. The third-order valence-electron chi connectivity index (χ3n) is 1.83. The van der Waals surface area contributed by atoms with Gasteiger partial charge in [0.25, 0.3) is 0 Å². The molecule has 78 valence electrons. The topological polar surface area (TPSA) is 47.1 Å². The number of nitrogens with one attached hydrogen (secondary N) is 1. The van der Waals surface area contributed by atoms with Crippen molar-refractivity contribution in [1.29, 1.82) is 0 Å². The van der Waals surface area contributed by atoms with E-state index in [4.69, 9.17) is 9.57 Å². The van der Waals surface area contributed by atoms with Crippen LogP contribution in [0.25, 0.3) is 0 Å². The summed E-state index contributed by atoms with van der Waals surface area (Å²) in [4.78, 5) is 4.99. The summed E-state index contributed by atoms with van der Waals surface area (Å²) in [6, 6.07) is 3.86. The van der Waals surface area contributed by atoms with Gasteiger partial charge in [0.05, 0.1) is 14.2 Å². The van der Waals surface area contributed by atoms with Gasteiger partial charge in [-0.1, -0.05) is 15.9 Å². The minimum atomic E-state index is 0.769. The number of anilines is 1. The lowest BCUT2D eigenvalue weighted by Crippen LogP contribution is -2.76. The van der Waals surface area contributed by atoms with Crippen LogP contribution in [0.4, 0.5) is 11.4 Å². The molecular formula is C9H14BrN2O2+. The first-order valence-electron chi connectivity index (χ1n) is 4.14. The standard InChI is InChI=1S/C9H13BrN2O2/c1-11-7-4-6(10)5-8(13-2)9(7)12-14-3/h4-5,11-12H,1-3H3/p+1. The molecule has 0 aliphatic heterocycles. The Balaban J connectivity index is 3.18. The first-order valence-corrected chi connectivity index (χ1v) is 4.93. The summed E-state index contributed by atoms with van der Waals surface area (Å²) in [5.74, 6) is 0.769. The Kier molecular flexibility index (Phi) is 4.19. The molecule has 0 unspecified atom stereocenters. The predicted octanol–water partition coefficient (Wildman–Crippen LogP) is 1.26. The number of nitrogens with two attached hydrogens (primary N) is 1. The molecule has 1 aromatic rings. The van der Waals surface area contributed by atoms with Gasteiger partial charge in [0.1, 0.15) is 5.69 Å². The highest BCUT2D eigenvalue weighted by atomic mass is 79.9. The molecule has 0 spiro atoms. The molecule has 5 heteroatoms. The molecule has 0 radical (unpaired) electrons. The zero-order valence-corrected chi connectivity index (χ0v) is 10.0. The summed E-state index contributed by atoms with van der Waals surface area (Å²) in [5.41, 5.74) is 3.51. The minimum absolute atomic E-state index is 0.769. The van der Waals surface area contributed by atoms with E-state index in [-0.39, 0.29) is 0 Å². The molecule has 0 saturated heterocycles. The van der Waals surface area contributed by atoms with E-state index < -0.39 is 0 Å². The van der Waals surface area contributed by atoms with Crippen LogP contribution in [0.3, 0.4) is 0 Å². The van der Waals surface area contributed by atoms with E-state index in [1.807, 2.05) is 19.2 Å². The summed E-state index contributed by atoms with van der Waals surface area (Å²) in [7, 11) is 5.10. The van der Waals surface area contributed by atoms with E-state index in [0.717, 1.165) is 21.6 Å². The molecule has 14 heavy (non-hydrogen) atoms. The third kappa shape index (κ3) is 2.37. The van der Waals surface area contributed by atoms with Crippen LogP contribution in [0.15, 0.2) is 16.6 Å². The molecule has 0 aliphatic carbocycles. The summed E-state index contributed by atoms with van der Waals surface area (Å²) in [6.45, 7) is 0. The van der Waals surface area contributed by atoms with Crippen LogP contribution in [0, 0.1) is 0 Å². The molecule has 1 aromatic carbocycles. The van der Waals surface area contributed by atoms with Crippen LogP contribution in [0.5, 0.6) is 5.75 Å². The number of methoxy groups -OCH3 is 1. The van der Waals surface area contributed by atoms with Crippen LogP contribution >= 0.6 is 15.9 Å². The second-order valence-electron chi connectivity index (χ2n) is 2.67. The zero-order chi connectivity index (χ0) is 10.6. The smallest absolute Gasteiger partial charge is 0.227 e. The highest BCUT2D eigenvalue weighted by molar-refractivity contribution is 9.10. The van der Waals surface area contributed by atoms with Crippen molar-refractivity contribution in [3.63, 3.8) is 0 Å². The highest BCUT2D eigenvalue weighted by Crippen LogP contribution is 2.32. The SMILES string of the molecule is CNc1cc(Br)cc(OC)c1[NH2+]OC. The average Bonchev–Trinajstić information content (AvgIpc) is 2.20. The van der Waals surface area contributed by atoms with Crippen LogP contribution in [0.2, 0.25) is 0 Å². The fourth-order valence-electron chi connectivity index (χ4n) is 1.21. The van der Waals surface area contributed by atoms with E-state index in [9.17, 15) is 0 Å². The van der Waals surface area contributed by atoms with Crippen LogP contribution in [-0.4, -0.2) is 21.3 Å². The van der Waals surface area contributed by atoms with E-state index in [1.54, 1.807) is 19.7 Å². The quantitative estimate of drug-likeness (QED) is 0.634. The fourth-order valence-corrected chi connectivity index (χ4v) is 1.64. The Hall–Kier alpha value is -0.780. The number of halogens is 1. The van der Waals surface area contributed by atoms with Crippen molar-refractivity contribution >= 4 is 27.3 Å². The average molecular weight is 262 g/mol. The second kappa shape index (κ2) is 5.19. The molecule has 0 heterocycles. The third-order valence-corrected chi connectivity index (χ3v) is 2.29. The van der Waals surface area contributed by atoms with E-state index >= 15 is 0 Å². The maximum absolute atomic E-state index is 5.24. The lowest BCUT2D eigenvalue weighted by molar-refractivity contribution is -0.829. The van der Waals surface area contributed by atoms with Gasteiger partial charge in [0, 0.05) is 17.6 Å². The summed E-state index contributed by atoms with van der Waals surface area (Å²) >= 11 is 3.41. The first-order chi connectivity index (χ1) is 6.72. The van der Waals surface area contributed by atoms with Crippen molar-refractivity contribution in [1.82, 2.24) is 0 Å². The number of hydrogen-bond acceptors (Lipinski definition) is 3. The number of quaternary nitrogens is 1. The van der Waals surface area contributed by atoms with Crippen molar-refractivity contribution < 1.29 is 15.1 Å². The van der Waals surface area contributed by atoms with Gasteiger partial charge in [-0.15, -0.1) is 0 Å². The summed E-state index contributed by atoms with van der Waals surface area (Å²) < 4.78 is 6.20. The number of ether oxygens (including phenoxy) is 1. The number of benzene rings is 1. The van der Waals surface area contributed by atoms with E-state index in [0.29, 0.717) is 0 Å². The Morgan fingerprint density at radius 2 is 2.07 bits per heavy atom. The van der Waals surface area contributed by atoms with Crippen molar-refractivity contribution in [2.24, 2.45) is 0 Å². The minimum Gasteiger partial charge on any atom is -0.491 e. The zero-order valence-electron chi connectivity index (χ0n) is 8.43. The van der Waals surface area contributed by atoms with Crippen molar-refractivity contribution in [3.8, 4) is 5.75 Å². The Morgan fingerprint density at radius 3 is 2.57 bits per heavy atom. The summed E-state index contributed by atoms with van der Waals surface area (Å²) in [5, 5.41) is 3.07. The monoisotopic (exact) mass is 261 g/mol. The lowest BCUT2D eigenvalue weighted by atomic mass is 10.2.